The monoisotopic (exact) mass is 427 g/mol. The van der Waals surface area contributed by atoms with E-state index in [1.807, 2.05) is 30.4 Å². The normalized spacial score (nSPS) is 15.3. The van der Waals surface area contributed by atoms with Crippen LogP contribution in [0.1, 0.15) is 43.9 Å². The number of sulfonamides is 1. The molecular formula is C23H29N3O3S. The molecule has 1 aliphatic heterocycles. The van der Waals surface area contributed by atoms with Gasteiger partial charge < -0.3 is 5.32 Å². The maximum atomic E-state index is 12.3. The first-order chi connectivity index (χ1) is 14.0. The van der Waals surface area contributed by atoms with Crippen molar-refractivity contribution in [2.75, 3.05) is 29.0 Å². The average Bonchev–Trinajstić information content (AvgIpc) is 2.66. The molecule has 1 saturated heterocycles. The zero-order chi connectivity index (χ0) is 21.9. The van der Waals surface area contributed by atoms with E-state index in [2.05, 4.69) is 42.9 Å². The molecule has 2 amide bonds. The van der Waals surface area contributed by atoms with Crippen LogP contribution in [0.15, 0.2) is 42.5 Å². The van der Waals surface area contributed by atoms with E-state index in [0.29, 0.717) is 18.8 Å². The Morgan fingerprint density at radius 1 is 1.03 bits per heavy atom. The van der Waals surface area contributed by atoms with Crippen LogP contribution in [0.3, 0.4) is 0 Å². The van der Waals surface area contributed by atoms with Crippen molar-refractivity contribution in [2.24, 2.45) is 0 Å². The number of carbonyl (C=O) groups is 1. The summed E-state index contributed by atoms with van der Waals surface area (Å²) in [5.74, 6) is 0. The molecule has 0 bridgehead atoms. The number of amides is 2. The van der Waals surface area contributed by atoms with E-state index in [9.17, 15) is 13.2 Å². The first kappa shape index (κ1) is 21.9. The lowest BCUT2D eigenvalue weighted by molar-refractivity contribution is 0.243. The summed E-state index contributed by atoms with van der Waals surface area (Å²) in [7, 11) is -3.29. The van der Waals surface area contributed by atoms with Gasteiger partial charge >= 0.3 is 6.03 Å². The zero-order valence-electron chi connectivity index (χ0n) is 17.9. The minimum atomic E-state index is -3.29. The molecule has 0 aromatic heterocycles. The van der Waals surface area contributed by atoms with Crippen LogP contribution in [-0.2, 0) is 15.4 Å². The van der Waals surface area contributed by atoms with Gasteiger partial charge in [0.2, 0.25) is 10.0 Å². The molecule has 2 aromatic carbocycles. The molecule has 0 radical (unpaired) electrons. The Morgan fingerprint density at radius 2 is 1.70 bits per heavy atom. The van der Waals surface area contributed by atoms with Crippen LogP contribution in [0.5, 0.6) is 0 Å². The highest BCUT2D eigenvalue weighted by Crippen LogP contribution is 2.30. The summed E-state index contributed by atoms with van der Waals surface area (Å²) in [5.41, 5.74) is 4.49. The molecular weight excluding hydrogens is 398 g/mol. The van der Waals surface area contributed by atoms with Gasteiger partial charge in [-0.3, -0.25) is 9.62 Å². The molecule has 0 saturated carbocycles. The predicted octanol–water partition coefficient (Wildman–Crippen LogP) is 4.45. The summed E-state index contributed by atoms with van der Waals surface area (Å²) in [5, 5.41) is 2.91. The summed E-state index contributed by atoms with van der Waals surface area (Å²) >= 11 is 0. The minimum Gasteiger partial charge on any atom is -0.338 e. The van der Waals surface area contributed by atoms with Crippen LogP contribution in [-0.4, -0.2) is 33.8 Å². The number of nitrogens with zero attached hydrogens (tertiary/aromatic N) is 1. The molecule has 1 heterocycles. The molecule has 3 rings (SSSR count). The Hall–Kier alpha value is -2.80. The summed E-state index contributed by atoms with van der Waals surface area (Å²) in [4.78, 5) is 14.1. The fourth-order valence-corrected chi connectivity index (χ4v) is 3.83. The van der Waals surface area contributed by atoms with Crippen LogP contribution < -0.4 is 14.9 Å². The maximum absolute atomic E-state index is 12.3. The largest absolute Gasteiger partial charge is 0.338 e. The number of benzene rings is 2. The molecule has 6 nitrogen and oxygen atoms in total. The van der Waals surface area contributed by atoms with Gasteiger partial charge in [0.1, 0.15) is 0 Å². The summed E-state index contributed by atoms with van der Waals surface area (Å²) in [6, 6.07) is 13.4. The fourth-order valence-electron chi connectivity index (χ4n) is 3.26. The van der Waals surface area contributed by atoms with Crippen LogP contribution in [0.2, 0.25) is 0 Å². The smallest absolute Gasteiger partial charge is 0.321 e. The van der Waals surface area contributed by atoms with Gasteiger partial charge in [-0.1, -0.05) is 51.1 Å². The summed E-state index contributed by atoms with van der Waals surface area (Å²) < 4.78 is 25.1. The highest BCUT2D eigenvalue weighted by atomic mass is 32.2. The van der Waals surface area contributed by atoms with Crippen molar-refractivity contribution in [2.45, 2.75) is 32.6 Å². The van der Waals surface area contributed by atoms with Crippen molar-refractivity contribution in [3.63, 3.8) is 0 Å². The molecule has 1 aliphatic rings. The summed E-state index contributed by atoms with van der Waals surface area (Å²) in [6.45, 7) is 7.89. The molecule has 2 aromatic rings. The Bertz CT molecular complexity index is 1050. The van der Waals surface area contributed by atoms with Gasteiger partial charge in [0.15, 0.2) is 0 Å². The number of carbonyl (C=O) groups excluding carboxylic acids is 1. The molecule has 0 unspecified atom stereocenters. The number of rotatable bonds is 5. The molecule has 0 aliphatic carbocycles. The Balaban J connectivity index is 1.89. The van der Waals surface area contributed by atoms with E-state index in [1.165, 1.54) is 0 Å². The third-order valence-electron chi connectivity index (χ3n) is 4.88. The van der Waals surface area contributed by atoms with Crippen molar-refractivity contribution in [3.8, 4) is 0 Å². The van der Waals surface area contributed by atoms with E-state index >= 15 is 0 Å². The zero-order valence-corrected chi connectivity index (χ0v) is 18.7. The number of anilines is 2. The van der Waals surface area contributed by atoms with Gasteiger partial charge in [0.25, 0.3) is 0 Å². The van der Waals surface area contributed by atoms with E-state index in [0.717, 1.165) is 35.1 Å². The second-order valence-corrected chi connectivity index (χ2v) is 10.4. The van der Waals surface area contributed by atoms with Crippen molar-refractivity contribution < 1.29 is 13.2 Å². The minimum absolute atomic E-state index is 0.0518. The lowest BCUT2D eigenvalue weighted by Gasteiger charge is -2.29. The molecule has 2 N–H and O–H groups in total. The van der Waals surface area contributed by atoms with Gasteiger partial charge in [0.05, 0.1) is 6.26 Å². The average molecular weight is 428 g/mol. The van der Waals surface area contributed by atoms with Gasteiger partial charge in [0, 0.05) is 24.5 Å². The standard InChI is InChI=1S/C23H29N3O3S/c1-23(2,3)19-14-18(15-21(16-19)26-13-5-12-24-22(26)27)7-6-17-8-10-20(11-9-17)25-30(4,28)29/h6-11,14-16,25H,5,12-13H2,1-4H3,(H,24,27)/b7-6+. The predicted molar refractivity (Wildman–Crippen MR) is 124 cm³/mol. The Morgan fingerprint density at radius 3 is 2.30 bits per heavy atom. The SMILES string of the molecule is CC(C)(C)c1cc(/C=C/c2ccc(NS(C)(=O)=O)cc2)cc(N2CCCNC2=O)c1. The lowest BCUT2D eigenvalue weighted by atomic mass is 9.85. The highest BCUT2D eigenvalue weighted by molar-refractivity contribution is 7.92. The molecule has 0 atom stereocenters. The van der Waals surface area contributed by atoms with E-state index in [-0.39, 0.29) is 11.4 Å². The summed E-state index contributed by atoms with van der Waals surface area (Å²) in [6.07, 6.45) is 6.04. The molecule has 0 spiro atoms. The second kappa shape index (κ2) is 8.52. The number of nitrogens with one attached hydrogen (secondary N) is 2. The van der Waals surface area contributed by atoms with Gasteiger partial charge in [-0.05, 0) is 52.8 Å². The van der Waals surface area contributed by atoms with Crippen molar-refractivity contribution >= 4 is 39.6 Å². The molecule has 7 heteroatoms. The van der Waals surface area contributed by atoms with E-state index in [4.69, 9.17) is 0 Å². The number of hydrogen-bond acceptors (Lipinski definition) is 3. The molecule has 30 heavy (non-hydrogen) atoms. The van der Waals surface area contributed by atoms with E-state index < -0.39 is 10.0 Å². The Kier molecular flexibility index (Phi) is 6.22. The van der Waals surface area contributed by atoms with Crippen molar-refractivity contribution in [1.29, 1.82) is 0 Å². The van der Waals surface area contributed by atoms with Crippen molar-refractivity contribution in [3.05, 3.63) is 59.2 Å². The fraction of sp³-hybridized carbons (Fsp3) is 0.348. The first-order valence-corrected chi connectivity index (χ1v) is 11.9. The van der Waals surface area contributed by atoms with Crippen LogP contribution >= 0.6 is 0 Å². The van der Waals surface area contributed by atoms with Crippen molar-refractivity contribution in [1.82, 2.24) is 5.32 Å². The highest BCUT2D eigenvalue weighted by Gasteiger charge is 2.22. The van der Waals surface area contributed by atoms with Gasteiger partial charge in [-0.25, -0.2) is 13.2 Å². The maximum Gasteiger partial charge on any atom is 0.321 e. The molecule has 160 valence electrons. The molecule has 1 fully saturated rings. The number of hydrogen-bond donors (Lipinski definition) is 2. The Labute approximate surface area is 179 Å². The van der Waals surface area contributed by atoms with Crippen LogP contribution in [0.25, 0.3) is 12.2 Å². The second-order valence-electron chi connectivity index (χ2n) is 8.63. The topological polar surface area (TPSA) is 78.5 Å². The number of urea groups is 1. The lowest BCUT2D eigenvalue weighted by Crippen LogP contribution is -2.46. The first-order valence-electron chi connectivity index (χ1n) is 9.98. The third kappa shape index (κ3) is 5.86. The third-order valence-corrected chi connectivity index (χ3v) is 5.49. The quantitative estimate of drug-likeness (QED) is 0.692. The van der Waals surface area contributed by atoms with Crippen LogP contribution in [0, 0.1) is 0 Å². The van der Waals surface area contributed by atoms with Gasteiger partial charge in [-0.15, -0.1) is 0 Å². The van der Waals surface area contributed by atoms with Crippen LogP contribution in [0.4, 0.5) is 16.2 Å². The van der Waals surface area contributed by atoms with Gasteiger partial charge in [-0.2, -0.15) is 0 Å². The van der Waals surface area contributed by atoms with E-state index in [1.54, 1.807) is 17.0 Å².